The molecule has 4 nitrogen and oxygen atoms in total. The lowest BCUT2D eigenvalue weighted by molar-refractivity contribution is -0.126. The fourth-order valence-electron chi connectivity index (χ4n) is 2.70. The van der Waals surface area contributed by atoms with Crippen molar-refractivity contribution in [1.29, 1.82) is 0 Å². The van der Waals surface area contributed by atoms with Gasteiger partial charge in [0.05, 0.1) is 0 Å². The van der Waals surface area contributed by atoms with Crippen LogP contribution in [0, 0.1) is 6.92 Å². The van der Waals surface area contributed by atoms with E-state index >= 15 is 0 Å². The van der Waals surface area contributed by atoms with Crippen molar-refractivity contribution in [3.05, 3.63) is 84.2 Å². The van der Waals surface area contributed by atoms with Crippen molar-refractivity contribution >= 4 is 11.6 Å². The Hall–Kier alpha value is -2.98. The van der Waals surface area contributed by atoms with Crippen LogP contribution in [-0.2, 0) is 9.53 Å². The molecule has 1 N–H and O–H groups in total. The van der Waals surface area contributed by atoms with Crippen LogP contribution in [0.15, 0.2) is 73.1 Å². The second kappa shape index (κ2) is 7.73. The third-order valence-electron chi connectivity index (χ3n) is 4.09. The van der Waals surface area contributed by atoms with E-state index in [2.05, 4.69) is 10.3 Å². The average Bonchev–Trinajstić information content (AvgIpc) is 2.66. The van der Waals surface area contributed by atoms with Gasteiger partial charge >= 0.3 is 0 Å². The number of ether oxygens (including phenoxy) is 1. The van der Waals surface area contributed by atoms with Gasteiger partial charge in [-0.1, -0.05) is 42.5 Å². The standard InChI is InChI=1S/C21H20N2O2/c1-15-8-9-18(16-10-12-22-13-11-16)14-19(15)23-21(24)20(25-2)17-6-4-3-5-7-17/h3-14,20H,1-2H3,(H,23,24). The van der Waals surface area contributed by atoms with Crippen molar-refractivity contribution in [3.8, 4) is 11.1 Å². The summed E-state index contributed by atoms with van der Waals surface area (Å²) < 4.78 is 5.40. The molecule has 3 aromatic rings. The maximum absolute atomic E-state index is 12.7. The molecular formula is C21H20N2O2. The fraction of sp³-hybridized carbons (Fsp3) is 0.143. The summed E-state index contributed by atoms with van der Waals surface area (Å²) in [5.41, 5.74) is 4.67. The van der Waals surface area contributed by atoms with E-state index < -0.39 is 6.10 Å². The van der Waals surface area contributed by atoms with E-state index in [1.165, 1.54) is 7.11 Å². The number of benzene rings is 2. The Kier molecular flexibility index (Phi) is 5.21. The van der Waals surface area contributed by atoms with Crippen LogP contribution in [-0.4, -0.2) is 18.0 Å². The van der Waals surface area contributed by atoms with Gasteiger partial charge in [-0.2, -0.15) is 0 Å². The van der Waals surface area contributed by atoms with Crippen LogP contribution >= 0.6 is 0 Å². The number of aromatic nitrogens is 1. The van der Waals surface area contributed by atoms with E-state index in [0.29, 0.717) is 0 Å². The second-order valence-electron chi connectivity index (χ2n) is 5.78. The Bertz CT molecular complexity index is 848. The number of nitrogens with one attached hydrogen (secondary N) is 1. The van der Waals surface area contributed by atoms with Crippen molar-refractivity contribution in [3.63, 3.8) is 0 Å². The summed E-state index contributed by atoms with van der Waals surface area (Å²) in [6, 6.07) is 19.4. The van der Waals surface area contributed by atoms with Crippen LogP contribution in [0.25, 0.3) is 11.1 Å². The van der Waals surface area contributed by atoms with Crippen LogP contribution < -0.4 is 5.32 Å². The first-order chi connectivity index (χ1) is 12.2. The molecule has 0 fully saturated rings. The molecule has 0 saturated heterocycles. The number of carbonyl (C=O) groups is 1. The minimum atomic E-state index is -0.648. The van der Waals surface area contributed by atoms with Crippen molar-refractivity contribution in [2.75, 3.05) is 12.4 Å². The van der Waals surface area contributed by atoms with Crippen molar-refractivity contribution < 1.29 is 9.53 Å². The molecule has 0 bridgehead atoms. The molecule has 1 atom stereocenters. The molecule has 0 aliphatic heterocycles. The maximum Gasteiger partial charge on any atom is 0.258 e. The van der Waals surface area contributed by atoms with E-state index in [4.69, 9.17) is 4.74 Å². The zero-order valence-electron chi connectivity index (χ0n) is 14.3. The van der Waals surface area contributed by atoms with E-state index in [-0.39, 0.29) is 5.91 Å². The number of pyridine rings is 1. The molecule has 126 valence electrons. The summed E-state index contributed by atoms with van der Waals surface area (Å²) in [6.07, 6.45) is 2.86. The molecule has 1 amide bonds. The molecule has 0 spiro atoms. The van der Waals surface area contributed by atoms with Crippen molar-refractivity contribution in [2.45, 2.75) is 13.0 Å². The van der Waals surface area contributed by atoms with Gasteiger partial charge in [0, 0.05) is 25.2 Å². The number of rotatable bonds is 5. The molecule has 4 heteroatoms. The van der Waals surface area contributed by atoms with E-state index in [0.717, 1.165) is 27.9 Å². The topological polar surface area (TPSA) is 51.2 Å². The van der Waals surface area contributed by atoms with Gasteiger partial charge < -0.3 is 10.1 Å². The van der Waals surface area contributed by atoms with Crippen LogP contribution in [0.2, 0.25) is 0 Å². The van der Waals surface area contributed by atoms with Gasteiger partial charge in [-0.05, 0) is 47.4 Å². The largest absolute Gasteiger partial charge is 0.367 e. The third kappa shape index (κ3) is 3.92. The average molecular weight is 332 g/mol. The van der Waals surface area contributed by atoms with Gasteiger partial charge in [0.15, 0.2) is 6.10 Å². The van der Waals surface area contributed by atoms with Crippen molar-refractivity contribution in [1.82, 2.24) is 4.98 Å². The maximum atomic E-state index is 12.7. The highest BCUT2D eigenvalue weighted by Gasteiger charge is 2.20. The van der Waals surface area contributed by atoms with Crippen LogP contribution in [0.5, 0.6) is 0 Å². The number of aryl methyl sites for hydroxylation is 1. The highest BCUT2D eigenvalue weighted by molar-refractivity contribution is 5.96. The minimum Gasteiger partial charge on any atom is -0.367 e. The molecule has 0 aliphatic rings. The third-order valence-corrected chi connectivity index (χ3v) is 4.09. The summed E-state index contributed by atoms with van der Waals surface area (Å²) >= 11 is 0. The van der Waals surface area contributed by atoms with E-state index in [1.807, 2.05) is 67.6 Å². The molecule has 0 aliphatic carbocycles. The number of methoxy groups -OCH3 is 1. The Morgan fingerprint density at radius 1 is 1.00 bits per heavy atom. The lowest BCUT2D eigenvalue weighted by atomic mass is 10.0. The Labute approximate surface area is 147 Å². The number of hydrogen-bond acceptors (Lipinski definition) is 3. The molecule has 2 aromatic carbocycles. The minimum absolute atomic E-state index is 0.191. The highest BCUT2D eigenvalue weighted by atomic mass is 16.5. The quantitative estimate of drug-likeness (QED) is 0.754. The van der Waals surface area contributed by atoms with Gasteiger partial charge in [-0.25, -0.2) is 0 Å². The Balaban J connectivity index is 1.85. The van der Waals surface area contributed by atoms with Crippen molar-refractivity contribution in [2.24, 2.45) is 0 Å². The summed E-state index contributed by atoms with van der Waals surface area (Å²) in [5.74, 6) is -0.191. The normalized spacial score (nSPS) is 11.8. The molecule has 3 rings (SSSR count). The van der Waals surface area contributed by atoms with Crippen LogP contribution in [0.1, 0.15) is 17.2 Å². The fourth-order valence-corrected chi connectivity index (χ4v) is 2.70. The number of nitrogens with zero attached hydrogens (tertiary/aromatic N) is 1. The van der Waals surface area contributed by atoms with Crippen LogP contribution in [0.3, 0.4) is 0 Å². The lowest BCUT2D eigenvalue weighted by Crippen LogP contribution is -2.23. The highest BCUT2D eigenvalue weighted by Crippen LogP contribution is 2.26. The molecule has 1 heterocycles. The van der Waals surface area contributed by atoms with Crippen LogP contribution in [0.4, 0.5) is 5.69 Å². The Morgan fingerprint density at radius 3 is 2.40 bits per heavy atom. The first kappa shape index (κ1) is 16.9. The molecular weight excluding hydrogens is 312 g/mol. The Morgan fingerprint density at radius 2 is 1.72 bits per heavy atom. The van der Waals surface area contributed by atoms with E-state index in [1.54, 1.807) is 12.4 Å². The SMILES string of the molecule is COC(C(=O)Nc1cc(-c2ccncc2)ccc1C)c1ccccc1. The number of carbonyl (C=O) groups excluding carboxylic acids is 1. The van der Waals surface area contributed by atoms with Gasteiger partial charge in [-0.15, -0.1) is 0 Å². The summed E-state index contributed by atoms with van der Waals surface area (Å²) in [7, 11) is 1.54. The zero-order chi connectivity index (χ0) is 17.6. The number of amides is 1. The molecule has 1 aromatic heterocycles. The lowest BCUT2D eigenvalue weighted by Gasteiger charge is -2.17. The van der Waals surface area contributed by atoms with Gasteiger partial charge in [0.25, 0.3) is 5.91 Å². The molecule has 25 heavy (non-hydrogen) atoms. The predicted molar refractivity (Wildman–Crippen MR) is 99.2 cm³/mol. The monoisotopic (exact) mass is 332 g/mol. The smallest absolute Gasteiger partial charge is 0.258 e. The zero-order valence-corrected chi connectivity index (χ0v) is 14.3. The van der Waals surface area contributed by atoms with E-state index in [9.17, 15) is 4.79 Å². The molecule has 1 unspecified atom stereocenters. The second-order valence-corrected chi connectivity index (χ2v) is 5.78. The predicted octanol–water partition coefficient (Wildman–Crippen LogP) is 4.38. The molecule has 0 radical (unpaired) electrons. The number of anilines is 1. The first-order valence-corrected chi connectivity index (χ1v) is 8.08. The summed E-state index contributed by atoms with van der Waals surface area (Å²) in [4.78, 5) is 16.7. The van der Waals surface area contributed by atoms with Gasteiger partial charge in [0.1, 0.15) is 0 Å². The van der Waals surface area contributed by atoms with Gasteiger partial charge in [0.2, 0.25) is 0 Å². The molecule has 0 saturated carbocycles. The number of hydrogen-bond donors (Lipinski definition) is 1. The summed E-state index contributed by atoms with van der Waals surface area (Å²) in [6.45, 7) is 1.97. The summed E-state index contributed by atoms with van der Waals surface area (Å²) in [5, 5.41) is 2.99. The first-order valence-electron chi connectivity index (χ1n) is 8.08. The van der Waals surface area contributed by atoms with Gasteiger partial charge in [-0.3, -0.25) is 9.78 Å².